The van der Waals surface area contributed by atoms with Gasteiger partial charge >= 0.3 is 5.97 Å². The molecule has 0 unspecified atom stereocenters. The first kappa shape index (κ1) is 13.5. The van der Waals surface area contributed by atoms with E-state index in [1.807, 2.05) is 4.90 Å². The molecule has 1 amide bonds. The molecule has 1 fully saturated rings. The Hall–Kier alpha value is -1.92. The molecule has 2 rings (SSSR count). The summed E-state index contributed by atoms with van der Waals surface area (Å²) in [6, 6.07) is 0.345. The number of amides is 1. The quantitative estimate of drug-likeness (QED) is 0.815. The average molecular weight is 266 g/mol. The van der Waals surface area contributed by atoms with Crippen LogP contribution in [-0.2, 0) is 11.3 Å². The highest BCUT2D eigenvalue weighted by atomic mass is 16.4. The van der Waals surface area contributed by atoms with Gasteiger partial charge in [-0.1, -0.05) is 19.1 Å². The Morgan fingerprint density at radius 3 is 2.68 bits per heavy atom. The number of hydrogen-bond acceptors (Lipinski definition) is 4. The molecule has 1 aliphatic rings. The van der Waals surface area contributed by atoms with Gasteiger partial charge in [0.05, 0.1) is 6.20 Å². The molecule has 1 saturated carbocycles. The third-order valence-electron chi connectivity index (χ3n) is 2.92. The SMILES string of the molecule is CC(C)CN(C(=O)Cn1cc(C(=O)O)nn1)C1CC1. The number of carboxylic acids is 1. The number of nitrogens with zero attached hydrogens (tertiary/aromatic N) is 4. The molecule has 1 aromatic heterocycles. The van der Waals surface area contributed by atoms with E-state index in [9.17, 15) is 9.59 Å². The standard InChI is InChI=1S/C12H18N4O3/c1-8(2)5-16(9-3-4-9)11(17)7-15-6-10(12(18)19)13-14-15/h6,8-9H,3-5,7H2,1-2H3,(H,18,19). The fourth-order valence-corrected chi connectivity index (χ4v) is 1.94. The van der Waals surface area contributed by atoms with Crippen LogP contribution in [-0.4, -0.2) is 49.5 Å². The summed E-state index contributed by atoms with van der Waals surface area (Å²) in [6.45, 7) is 4.91. The van der Waals surface area contributed by atoms with Crippen molar-refractivity contribution in [2.45, 2.75) is 39.3 Å². The van der Waals surface area contributed by atoms with E-state index in [4.69, 9.17) is 5.11 Å². The number of hydrogen-bond donors (Lipinski definition) is 1. The van der Waals surface area contributed by atoms with Gasteiger partial charge in [0.25, 0.3) is 0 Å². The van der Waals surface area contributed by atoms with Crippen LogP contribution in [0.15, 0.2) is 6.20 Å². The molecule has 0 radical (unpaired) electrons. The van der Waals surface area contributed by atoms with Gasteiger partial charge < -0.3 is 10.0 Å². The second-order valence-electron chi connectivity index (χ2n) is 5.28. The Labute approximate surface area is 111 Å². The van der Waals surface area contributed by atoms with Crippen molar-refractivity contribution in [2.75, 3.05) is 6.54 Å². The summed E-state index contributed by atoms with van der Waals surface area (Å²) in [5.41, 5.74) is -0.144. The zero-order valence-electron chi connectivity index (χ0n) is 11.1. The lowest BCUT2D eigenvalue weighted by Crippen LogP contribution is -2.38. The molecule has 1 aromatic rings. The third kappa shape index (κ3) is 3.52. The maximum Gasteiger partial charge on any atom is 0.358 e. The van der Waals surface area contributed by atoms with Crippen LogP contribution in [0, 0.1) is 5.92 Å². The highest BCUT2D eigenvalue weighted by molar-refractivity contribution is 5.84. The van der Waals surface area contributed by atoms with Crippen LogP contribution < -0.4 is 0 Å². The molecular formula is C12H18N4O3. The van der Waals surface area contributed by atoms with Gasteiger partial charge in [0.15, 0.2) is 5.69 Å². The van der Waals surface area contributed by atoms with E-state index in [1.54, 1.807) is 0 Å². The fourth-order valence-electron chi connectivity index (χ4n) is 1.94. The second-order valence-corrected chi connectivity index (χ2v) is 5.28. The predicted octanol–water partition coefficient (Wildman–Crippen LogP) is 0.623. The molecule has 1 N–H and O–H groups in total. The topological polar surface area (TPSA) is 88.3 Å². The maximum atomic E-state index is 12.2. The van der Waals surface area contributed by atoms with E-state index in [0.717, 1.165) is 19.4 Å². The first-order valence-electron chi connectivity index (χ1n) is 6.40. The largest absolute Gasteiger partial charge is 0.476 e. The highest BCUT2D eigenvalue weighted by Crippen LogP contribution is 2.27. The van der Waals surface area contributed by atoms with Gasteiger partial charge in [0.1, 0.15) is 6.54 Å². The molecule has 7 nitrogen and oxygen atoms in total. The van der Waals surface area contributed by atoms with Crippen molar-refractivity contribution in [1.29, 1.82) is 0 Å². The third-order valence-corrected chi connectivity index (χ3v) is 2.92. The minimum absolute atomic E-state index is 0.0296. The molecule has 0 aromatic carbocycles. The van der Waals surface area contributed by atoms with Gasteiger partial charge in [0.2, 0.25) is 5.91 Å². The normalized spacial score (nSPS) is 14.7. The van der Waals surface area contributed by atoms with Crippen LogP contribution in [0.2, 0.25) is 0 Å². The van der Waals surface area contributed by atoms with E-state index in [1.165, 1.54) is 10.9 Å². The Morgan fingerprint density at radius 2 is 2.21 bits per heavy atom. The number of aromatic carboxylic acids is 1. The number of rotatable bonds is 6. The second kappa shape index (κ2) is 5.38. The summed E-state index contributed by atoms with van der Waals surface area (Å²) >= 11 is 0. The summed E-state index contributed by atoms with van der Waals surface area (Å²) in [4.78, 5) is 24.8. The van der Waals surface area contributed by atoms with Crippen molar-refractivity contribution in [1.82, 2.24) is 19.9 Å². The molecule has 0 spiro atoms. The van der Waals surface area contributed by atoms with Crippen LogP contribution in [0.25, 0.3) is 0 Å². The number of carbonyl (C=O) groups excluding carboxylic acids is 1. The minimum Gasteiger partial charge on any atom is -0.476 e. The van der Waals surface area contributed by atoms with E-state index in [2.05, 4.69) is 24.2 Å². The van der Waals surface area contributed by atoms with E-state index < -0.39 is 5.97 Å². The smallest absolute Gasteiger partial charge is 0.358 e. The van der Waals surface area contributed by atoms with Crippen LogP contribution in [0.1, 0.15) is 37.2 Å². The van der Waals surface area contributed by atoms with Crippen molar-refractivity contribution in [3.05, 3.63) is 11.9 Å². The van der Waals surface area contributed by atoms with Gasteiger partial charge in [-0.25, -0.2) is 9.48 Å². The zero-order valence-corrected chi connectivity index (χ0v) is 11.1. The van der Waals surface area contributed by atoms with E-state index >= 15 is 0 Å². The monoisotopic (exact) mass is 266 g/mol. The lowest BCUT2D eigenvalue weighted by atomic mass is 10.2. The number of carbonyl (C=O) groups is 2. The molecule has 1 aliphatic carbocycles. The number of carboxylic acid groups (broad SMARTS) is 1. The first-order valence-corrected chi connectivity index (χ1v) is 6.40. The molecule has 1 heterocycles. The predicted molar refractivity (Wildman–Crippen MR) is 66.6 cm³/mol. The van der Waals surface area contributed by atoms with Crippen LogP contribution in [0.4, 0.5) is 0 Å². The van der Waals surface area contributed by atoms with Crippen molar-refractivity contribution in [2.24, 2.45) is 5.92 Å². The molecule has 19 heavy (non-hydrogen) atoms. The summed E-state index contributed by atoms with van der Waals surface area (Å²) in [7, 11) is 0. The lowest BCUT2D eigenvalue weighted by molar-refractivity contribution is -0.133. The summed E-state index contributed by atoms with van der Waals surface area (Å²) in [6.07, 6.45) is 3.38. The van der Waals surface area contributed by atoms with Gasteiger partial charge in [-0.3, -0.25) is 4.79 Å². The molecule has 104 valence electrons. The van der Waals surface area contributed by atoms with E-state index in [0.29, 0.717) is 12.0 Å². The average Bonchev–Trinajstić information content (AvgIpc) is 3.05. The van der Waals surface area contributed by atoms with Gasteiger partial charge in [-0.15, -0.1) is 5.10 Å². The Bertz CT molecular complexity index is 479. The molecule has 0 aliphatic heterocycles. The first-order chi connectivity index (χ1) is 8.97. The van der Waals surface area contributed by atoms with Gasteiger partial charge in [0, 0.05) is 12.6 Å². The highest BCUT2D eigenvalue weighted by Gasteiger charge is 2.32. The van der Waals surface area contributed by atoms with Gasteiger partial charge in [-0.2, -0.15) is 0 Å². The van der Waals surface area contributed by atoms with Crippen molar-refractivity contribution in [3.63, 3.8) is 0 Å². The molecule has 0 saturated heterocycles. The Morgan fingerprint density at radius 1 is 1.53 bits per heavy atom. The van der Waals surface area contributed by atoms with Crippen molar-refractivity contribution >= 4 is 11.9 Å². The minimum atomic E-state index is -1.14. The summed E-state index contributed by atoms with van der Waals surface area (Å²) in [5.74, 6) is -0.757. The maximum absolute atomic E-state index is 12.2. The number of aromatic nitrogens is 3. The molecular weight excluding hydrogens is 248 g/mol. The van der Waals surface area contributed by atoms with Crippen LogP contribution in [0.3, 0.4) is 0 Å². The van der Waals surface area contributed by atoms with Crippen molar-refractivity contribution in [3.8, 4) is 0 Å². The zero-order chi connectivity index (χ0) is 14.0. The Kier molecular flexibility index (Phi) is 3.82. The molecule has 0 bridgehead atoms. The van der Waals surface area contributed by atoms with Crippen LogP contribution >= 0.6 is 0 Å². The van der Waals surface area contributed by atoms with E-state index in [-0.39, 0.29) is 18.1 Å². The fraction of sp³-hybridized carbons (Fsp3) is 0.667. The molecule has 0 atom stereocenters. The molecule has 7 heteroatoms. The summed E-state index contributed by atoms with van der Waals surface area (Å²) in [5, 5.41) is 15.9. The van der Waals surface area contributed by atoms with Gasteiger partial charge in [-0.05, 0) is 18.8 Å². The van der Waals surface area contributed by atoms with Crippen molar-refractivity contribution < 1.29 is 14.7 Å². The van der Waals surface area contributed by atoms with Crippen LogP contribution in [0.5, 0.6) is 0 Å². The lowest BCUT2D eigenvalue weighted by Gasteiger charge is -2.24. The summed E-state index contributed by atoms with van der Waals surface area (Å²) < 4.78 is 1.28. The Balaban J connectivity index is 1.99.